The topological polar surface area (TPSA) is 49.6 Å². The lowest BCUT2D eigenvalue weighted by molar-refractivity contribution is 0.0605. The van der Waals surface area contributed by atoms with Crippen molar-refractivity contribution in [3.05, 3.63) is 29.8 Å². The first kappa shape index (κ1) is 17.8. The molecule has 1 aliphatic heterocycles. The molecule has 21 heavy (non-hydrogen) atoms. The van der Waals surface area contributed by atoms with Crippen LogP contribution in [0.25, 0.3) is 0 Å². The van der Waals surface area contributed by atoms with Crippen LogP contribution in [0, 0.1) is 0 Å². The molecular formula is C16H26ClN3O. The number of hydrogen-bond acceptors (Lipinski definition) is 3. The van der Waals surface area contributed by atoms with Crippen LogP contribution in [0.15, 0.2) is 24.3 Å². The molecular weight excluding hydrogens is 286 g/mol. The Bertz CT molecular complexity index is 463. The number of anilines is 1. The van der Waals surface area contributed by atoms with Crippen molar-refractivity contribution in [3.63, 3.8) is 0 Å². The summed E-state index contributed by atoms with van der Waals surface area (Å²) < 4.78 is 0. The van der Waals surface area contributed by atoms with Gasteiger partial charge in [0.15, 0.2) is 0 Å². The van der Waals surface area contributed by atoms with Gasteiger partial charge in [0.2, 0.25) is 0 Å². The summed E-state index contributed by atoms with van der Waals surface area (Å²) in [6.07, 6.45) is 4.28. The van der Waals surface area contributed by atoms with Crippen LogP contribution in [0.4, 0.5) is 5.69 Å². The maximum absolute atomic E-state index is 12.7. The molecule has 0 bridgehead atoms. The Balaban J connectivity index is 0.00000220. The first-order valence-electron chi connectivity index (χ1n) is 7.42. The summed E-state index contributed by atoms with van der Waals surface area (Å²) in [7, 11) is 3.98. The highest BCUT2D eigenvalue weighted by atomic mass is 35.5. The second-order valence-electron chi connectivity index (χ2n) is 5.67. The monoisotopic (exact) mass is 311 g/mol. The maximum Gasteiger partial charge on any atom is 0.254 e. The second-order valence-corrected chi connectivity index (χ2v) is 5.67. The van der Waals surface area contributed by atoms with E-state index in [9.17, 15) is 4.79 Å². The first-order chi connectivity index (χ1) is 9.63. The van der Waals surface area contributed by atoms with Gasteiger partial charge in [0.05, 0.1) is 0 Å². The van der Waals surface area contributed by atoms with Crippen LogP contribution in [0.3, 0.4) is 0 Å². The number of hydrogen-bond donors (Lipinski definition) is 1. The van der Waals surface area contributed by atoms with Crippen molar-refractivity contribution in [2.75, 3.05) is 32.1 Å². The van der Waals surface area contributed by atoms with E-state index in [-0.39, 0.29) is 18.3 Å². The molecule has 2 rings (SSSR count). The Morgan fingerprint density at radius 3 is 2.81 bits per heavy atom. The summed E-state index contributed by atoms with van der Waals surface area (Å²) >= 11 is 0. The van der Waals surface area contributed by atoms with Gasteiger partial charge in [0.1, 0.15) is 0 Å². The van der Waals surface area contributed by atoms with E-state index in [0.29, 0.717) is 12.6 Å². The Kier molecular flexibility index (Phi) is 6.99. The summed E-state index contributed by atoms with van der Waals surface area (Å²) in [6.45, 7) is 1.50. The minimum atomic E-state index is 0. The van der Waals surface area contributed by atoms with Crippen molar-refractivity contribution >= 4 is 24.0 Å². The summed E-state index contributed by atoms with van der Waals surface area (Å²) in [4.78, 5) is 16.8. The molecule has 1 saturated heterocycles. The van der Waals surface area contributed by atoms with E-state index >= 15 is 0 Å². The Labute approximate surface area is 133 Å². The van der Waals surface area contributed by atoms with Crippen molar-refractivity contribution in [1.29, 1.82) is 0 Å². The summed E-state index contributed by atoms with van der Waals surface area (Å²) in [5, 5.41) is 0. The average molecular weight is 312 g/mol. The highest BCUT2D eigenvalue weighted by Gasteiger charge is 2.26. The molecule has 1 aromatic carbocycles. The molecule has 0 saturated carbocycles. The molecule has 118 valence electrons. The van der Waals surface area contributed by atoms with Crippen LogP contribution >= 0.6 is 12.4 Å². The van der Waals surface area contributed by atoms with E-state index in [4.69, 9.17) is 5.73 Å². The molecule has 0 aromatic heterocycles. The number of carbonyl (C=O) groups excluding carboxylic acids is 1. The number of likely N-dealkylation sites (tertiary alicyclic amines) is 1. The molecule has 1 fully saturated rings. The van der Waals surface area contributed by atoms with Crippen LogP contribution in [-0.2, 0) is 0 Å². The second kappa shape index (κ2) is 8.25. The zero-order chi connectivity index (χ0) is 14.5. The van der Waals surface area contributed by atoms with Gasteiger partial charge in [-0.25, -0.2) is 0 Å². The predicted octanol–water partition coefficient (Wildman–Crippen LogP) is 2.52. The number of nitrogens with zero attached hydrogens (tertiary/aromatic N) is 2. The van der Waals surface area contributed by atoms with Gasteiger partial charge in [-0.2, -0.15) is 0 Å². The highest BCUT2D eigenvalue weighted by Crippen LogP contribution is 2.23. The maximum atomic E-state index is 12.7. The predicted molar refractivity (Wildman–Crippen MR) is 90.4 cm³/mol. The van der Waals surface area contributed by atoms with Crippen LogP contribution in [0.1, 0.15) is 36.0 Å². The van der Waals surface area contributed by atoms with Crippen LogP contribution in [0.5, 0.6) is 0 Å². The smallest absolute Gasteiger partial charge is 0.254 e. The summed E-state index contributed by atoms with van der Waals surface area (Å²) in [6, 6.07) is 8.15. The molecule has 1 unspecified atom stereocenters. The largest absolute Gasteiger partial charge is 0.378 e. The molecule has 1 aliphatic rings. The van der Waals surface area contributed by atoms with E-state index in [1.54, 1.807) is 0 Å². The van der Waals surface area contributed by atoms with E-state index in [2.05, 4.69) is 0 Å². The molecule has 1 aromatic rings. The number of piperidine rings is 1. The van der Waals surface area contributed by atoms with Crippen LogP contribution in [-0.4, -0.2) is 44.0 Å². The molecule has 1 amide bonds. The molecule has 0 radical (unpaired) electrons. The van der Waals surface area contributed by atoms with Gasteiger partial charge in [-0.3, -0.25) is 4.79 Å². The molecule has 0 aliphatic carbocycles. The van der Waals surface area contributed by atoms with Crippen molar-refractivity contribution in [2.45, 2.75) is 31.7 Å². The zero-order valence-electron chi connectivity index (χ0n) is 12.9. The SMILES string of the molecule is CN(C)c1cccc(C(=O)N2CCCCC2CCN)c1.Cl. The highest BCUT2D eigenvalue weighted by molar-refractivity contribution is 5.95. The summed E-state index contributed by atoms with van der Waals surface area (Å²) in [5.41, 5.74) is 7.52. The van der Waals surface area contributed by atoms with Gasteiger partial charge in [-0.05, 0) is 50.4 Å². The lowest BCUT2D eigenvalue weighted by Crippen LogP contribution is -2.44. The molecule has 1 heterocycles. The van der Waals surface area contributed by atoms with Gasteiger partial charge in [0, 0.05) is 37.9 Å². The zero-order valence-corrected chi connectivity index (χ0v) is 13.7. The van der Waals surface area contributed by atoms with E-state index in [0.717, 1.165) is 37.1 Å². The standard InChI is InChI=1S/C16H25N3O.ClH/c1-18(2)15-8-5-6-13(12-15)16(20)19-11-4-3-7-14(19)9-10-17;/h5-6,8,12,14H,3-4,7,9-11,17H2,1-2H3;1H. The Morgan fingerprint density at radius 1 is 1.38 bits per heavy atom. The molecule has 2 N–H and O–H groups in total. The van der Waals surface area contributed by atoms with Crippen molar-refractivity contribution in [2.24, 2.45) is 5.73 Å². The fourth-order valence-electron chi connectivity index (χ4n) is 2.84. The average Bonchev–Trinajstić information content (AvgIpc) is 2.47. The van der Waals surface area contributed by atoms with Gasteiger partial charge >= 0.3 is 0 Å². The molecule has 4 nitrogen and oxygen atoms in total. The fourth-order valence-corrected chi connectivity index (χ4v) is 2.84. The molecule has 5 heteroatoms. The Hall–Kier alpha value is -1.26. The minimum absolute atomic E-state index is 0. The number of halogens is 1. The van der Waals surface area contributed by atoms with E-state index in [1.807, 2.05) is 48.2 Å². The van der Waals surface area contributed by atoms with Crippen molar-refractivity contribution in [3.8, 4) is 0 Å². The quantitative estimate of drug-likeness (QED) is 0.929. The van der Waals surface area contributed by atoms with Crippen LogP contribution in [0.2, 0.25) is 0 Å². The Morgan fingerprint density at radius 2 is 2.14 bits per heavy atom. The number of carbonyl (C=O) groups is 1. The first-order valence-corrected chi connectivity index (χ1v) is 7.42. The third-order valence-corrected chi connectivity index (χ3v) is 4.00. The number of nitrogens with two attached hydrogens (primary N) is 1. The van der Waals surface area contributed by atoms with Gasteiger partial charge < -0.3 is 15.5 Å². The normalized spacial score (nSPS) is 18.0. The number of amides is 1. The lowest BCUT2D eigenvalue weighted by atomic mass is 9.98. The number of rotatable bonds is 4. The van der Waals surface area contributed by atoms with Crippen molar-refractivity contribution < 1.29 is 4.79 Å². The lowest BCUT2D eigenvalue weighted by Gasteiger charge is -2.36. The molecule has 0 spiro atoms. The third-order valence-electron chi connectivity index (χ3n) is 4.00. The number of benzene rings is 1. The van der Waals surface area contributed by atoms with Crippen LogP contribution < -0.4 is 10.6 Å². The minimum Gasteiger partial charge on any atom is -0.378 e. The van der Waals surface area contributed by atoms with E-state index in [1.165, 1.54) is 6.42 Å². The van der Waals surface area contributed by atoms with Gasteiger partial charge in [-0.15, -0.1) is 12.4 Å². The van der Waals surface area contributed by atoms with Gasteiger partial charge in [0.25, 0.3) is 5.91 Å². The molecule has 1 atom stereocenters. The fraction of sp³-hybridized carbons (Fsp3) is 0.562. The third kappa shape index (κ3) is 4.35. The van der Waals surface area contributed by atoms with E-state index < -0.39 is 0 Å². The summed E-state index contributed by atoms with van der Waals surface area (Å²) in [5.74, 6) is 0.145. The van der Waals surface area contributed by atoms with Gasteiger partial charge in [-0.1, -0.05) is 6.07 Å². The van der Waals surface area contributed by atoms with Crippen molar-refractivity contribution in [1.82, 2.24) is 4.90 Å².